The second-order valence-electron chi connectivity index (χ2n) is 8.09. The van der Waals surface area contributed by atoms with E-state index >= 15 is 0 Å². The van der Waals surface area contributed by atoms with Gasteiger partial charge >= 0.3 is 0 Å². The van der Waals surface area contributed by atoms with Gasteiger partial charge in [-0.2, -0.15) is 0 Å². The van der Waals surface area contributed by atoms with Gasteiger partial charge in [-0.25, -0.2) is 0 Å². The van der Waals surface area contributed by atoms with Crippen molar-refractivity contribution in [3.05, 3.63) is 65.7 Å². The van der Waals surface area contributed by atoms with Gasteiger partial charge < -0.3 is 14.5 Å². The van der Waals surface area contributed by atoms with Crippen molar-refractivity contribution in [2.45, 2.75) is 44.0 Å². The Balaban J connectivity index is 1.61. The zero-order valence-electron chi connectivity index (χ0n) is 15.5. The van der Waals surface area contributed by atoms with Crippen LogP contribution in [0.4, 0.5) is 5.69 Å². The Morgan fingerprint density at radius 1 is 1.00 bits per heavy atom. The van der Waals surface area contributed by atoms with E-state index in [1.54, 1.807) is 9.80 Å². The van der Waals surface area contributed by atoms with Gasteiger partial charge in [0.2, 0.25) is 11.8 Å². The number of nitrogens with zero attached hydrogens (tertiary/aromatic N) is 2. The molecule has 0 saturated carbocycles. The van der Waals surface area contributed by atoms with E-state index < -0.39 is 11.1 Å². The minimum absolute atomic E-state index is 0.0545. The predicted molar refractivity (Wildman–Crippen MR) is 101 cm³/mol. The first kappa shape index (κ1) is 16.5. The quantitative estimate of drug-likeness (QED) is 0.772. The van der Waals surface area contributed by atoms with Crippen LogP contribution in [0.3, 0.4) is 0 Å². The van der Waals surface area contributed by atoms with Crippen LogP contribution >= 0.6 is 0 Å². The molecule has 27 heavy (non-hydrogen) atoms. The van der Waals surface area contributed by atoms with Crippen LogP contribution in [0.15, 0.2) is 54.6 Å². The molecule has 2 amide bonds. The Bertz CT molecular complexity index is 940. The summed E-state index contributed by atoms with van der Waals surface area (Å²) in [5.41, 5.74) is 0.942. The molecule has 0 N–H and O–H groups in total. The van der Waals surface area contributed by atoms with Gasteiger partial charge in [0.15, 0.2) is 5.41 Å². The Kier molecular flexibility index (Phi) is 3.32. The monoisotopic (exact) mass is 362 g/mol. The lowest BCUT2D eigenvalue weighted by Gasteiger charge is -2.31. The molecule has 2 fully saturated rings. The maximum Gasteiger partial charge on any atom is 0.247 e. The van der Waals surface area contributed by atoms with Gasteiger partial charge in [-0.15, -0.1) is 0 Å². The highest BCUT2D eigenvalue weighted by Gasteiger charge is 2.67. The fourth-order valence-corrected chi connectivity index (χ4v) is 4.94. The minimum Gasteiger partial charge on any atom is -0.354 e. The predicted octanol–water partition coefficient (Wildman–Crippen LogP) is 2.84. The van der Waals surface area contributed by atoms with Gasteiger partial charge in [-0.05, 0) is 31.9 Å². The first-order valence-corrected chi connectivity index (χ1v) is 9.38. The van der Waals surface area contributed by atoms with E-state index in [1.165, 1.54) is 0 Å². The van der Waals surface area contributed by atoms with Crippen molar-refractivity contribution in [3.63, 3.8) is 0 Å². The number of hydrogen-bond donors (Lipinski definition) is 0. The Morgan fingerprint density at radius 2 is 1.70 bits per heavy atom. The first-order valence-electron chi connectivity index (χ1n) is 9.38. The molecule has 5 nitrogen and oxygen atoms in total. The topological polar surface area (TPSA) is 49.9 Å². The van der Waals surface area contributed by atoms with E-state index in [0.29, 0.717) is 19.6 Å². The number of carbonyl (C=O) groups excluding carboxylic acids is 2. The molecule has 0 unspecified atom stereocenters. The zero-order valence-corrected chi connectivity index (χ0v) is 15.5. The maximum absolute atomic E-state index is 13.7. The largest absolute Gasteiger partial charge is 0.354 e. The van der Waals surface area contributed by atoms with Crippen LogP contribution in [0.1, 0.15) is 31.4 Å². The van der Waals surface area contributed by atoms with E-state index in [4.69, 9.17) is 4.74 Å². The smallest absolute Gasteiger partial charge is 0.247 e. The molecule has 2 saturated heterocycles. The maximum atomic E-state index is 13.7. The summed E-state index contributed by atoms with van der Waals surface area (Å²) in [7, 11) is 0. The molecular formula is C22H22N2O3. The average molecular weight is 362 g/mol. The SMILES string of the molecule is CC1(C)OC[C@@H]2C[C@@]3(C(=O)N(Cc4ccccc4)c4ccccc43)C(=O)N21. The summed E-state index contributed by atoms with van der Waals surface area (Å²) in [5.74, 6) is -0.231. The van der Waals surface area contributed by atoms with Crippen molar-refractivity contribution >= 4 is 17.5 Å². The summed E-state index contributed by atoms with van der Waals surface area (Å²) < 4.78 is 5.81. The van der Waals surface area contributed by atoms with Crippen molar-refractivity contribution in [3.8, 4) is 0 Å². The molecular weight excluding hydrogens is 340 g/mol. The van der Waals surface area contributed by atoms with Crippen LogP contribution in [0, 0.1) is 0 Å². The third-order valence-electron chi connectivity index (χ3n) is 6.15. The van der Waals surface area contributed by atoms with E-state index in [9.17, 15) is 9.59 Å². The van der Waals surface area contributed by atoms with Crippen molar-refractivity contribution in [2.24, 2.45) is 0 Å². The Labute approximate surface area is 158 Å². The number of amides is 2. The van der Waals surface area contributed by atoms with E-state index in [-0.39, 0.29) is 17.9 Å². The standard InChI is InChI=1S/C22H22N2O3/c1-21(2)24-16(14-27-21)12-22(20(24)26)17-10-6-7-11-18(17)23(19(22)25)13-15-8-4-3-5-9-15/h3-11,16H,12-14H2,1-2H3/t16-,22+/m0/s1. The normalized spacial score (nSPS) is 28.1. The van der Waals surface area contributed by atoms with Crippen molar-refractivity contribution in [1.29, 1.82) is 0 Å². The highest BCUT2D eigenvalue weighted by Crippen LogP contribution is 2.53. The lowest BCUT2D eigenvalue weighted by molar-refractivity contribution is -0.149. The van der Waals surface area contributed by atoms with Gasteiger partial charge in [0.25, 0.3) is 0 Å². The summed E-state index contributed by atoms with van der Waals surface area (Å²) in [4.78, 5) is 30.8. The summed E-state index contributed by atoms with van der Waals surface area (Å²) in [6.45, 7) is 4.75. The van der Waals surface area contributed by atoms with Crippen molar-refractivity contribution in [1.82, 2.24) is 4.90 Å². The van der Waals surface area contributed by atoms with Crippen LogP contribution in [0.5, 0.6) is 0 Å². The van der Waals surface area contributed by atoms with Crippen LogP contribution in [-0.4, -0.2) is 35.1 Å². The van der Waals surface area contributed by atoms with Crippen molar-refractivity contribution < 1.29 is 14.3 Å². The Morgan fingerprint density at radius 3 is 2.44 bits per heavy atom. The van der Waals surface area contributed by atoms with Crippen LogP contribution < -0.4 is 4.90 Å². The summed E-state index contributed by atoms with van der Waals surface area (Å²) in [5, 5.41) is 0. The molecule has 3 aliphatic heterocycles. The zero-order chi connectivity index (χ0) is 18.8. The molecule has 1 spiro atoms. The third-order valence-corrected chi connectivity index (χ3v) is 6.15. The second-order valence-corrected chi connectivity index (χ2v) is 8.09. The molecule has 0 radical (unpaired) electrons. The molecule has 5 rings (SSSR count). The summed E-state index contributed by atoms with van der Waals surface area (Å²) in [6, 6.07) is 17.6. The van der Waals surface area contributed by atoms with E-state index in [1.807, 2.05) is 68.4 Å². The molecule has 2 aromatic rings. The number of anilines is 1. The molecule has 0 bridgehead atoms. The van der Waals surface area contributed by atoms with Crippen LogP contribution in [0.25, 0.3) is 0 Å². The molecule has 0 aliphatic carbocycles. The number of ether oxygens (including phenoxy) is 1. The van der Waals surface area contributed by atoms with Gasteiger partial charge in [-0.1, -0.05) is 48.5 Å². The van der Waals surface area contributed by atoms with Crippen molar-refractivity contribution in [2.75, 3.05) is 11.5 Å². The second kappa shape index (κ2) is 5.42. The molecule has 3 heterocycles. The van der Waals surface area contributed by atoms with E-state index in [0.717, 1.165) is 16.8 Å². The fraction of sp³-hybridized carbons (Fsp3) is 0.364. The molecule has 2 aromatic carbocycles. The Hall–Kier alpha value is -2.66. The number of benzene rings is 2. The highest BCUT2D eigenvalue weighted by atomic mass is 16.5. The molecule has 3 aliphatic rings. The fourth-order valence-electron chi connectivity index (χ4n) is 4.94. The van der Waals surface area contributed by atoms with Gasteiger partial charge in [0.1, 0.15) is 5.72 Å². The summed E-state index contributed by atoms with van der Waals surface area (Å²) >= 11 is 0. The number of hydrogen-bond acceptors (Lipinski definition) is 3. The number of rotatable bonds is 2. The average Bonchev–Trinajstić information content (AvgIpc) is 3.22. The van der Waals surface area contributed by atoms with Gasteiger partial charge in [0.05, 0.1) is 19.2 Å². The van der Waals surface area contributed by atoms with E-state index in [2.05, 4.69) is 0 Å². The molecule has 0 aromatic heterocycles. The van der Waals surface area contributed by atoms with Crippen LogP contribution in [-0.2, 0) is 26.3 Å². The number of fused-ring (bicyclic) bond motifs is 3. The number of carbonyl (C=O) groups is 2. The lowest BCUT2D eigenvalue weighted by Crippen LogP contribution is -2.51. The van der Waals surface area contributed by atoms with Gasteiger partial charge in [0, 0.05) is 11.3 Å². The first-order chi connectivity index (χ1) is 12.9. The minimum atomic E-state index is -1.11. The van der Waals surface area contributed by atoms with Gasteiger partial charge in [-0.3, -0.25) is 9.59 Å². The molecule has 138 valence electrons. The number of para-hydroxylation sites is 1. The molecule has 2 atom stereocenters. The lowest BCUT2D eigenvalue weighted by atomic mass is 9.79. The van der Waals surface area contributed by atoms with Crippen LogP contribution in [0.2, 0.25) is 0 Å². The summed E-state index contributed by atoms with van der Waals surface area (Å²) in [6.07, 6.45) is 0.483. The third kappa shape index (κ3) is 2.09. The highest BCUT2D eigenvalue weighted by molar-refractivity contribution is 6.22. The molecule has 5 heteroatoms.